The van der Waals surface area contributed by atoms with E-state index in [1.165, 1.54) is 4.90 Å². The summed E-state index contributed by atoms with van der Waals surface area (Å²) in [7, 11) is 0. The van der Waals surface area contributed by atoms with E-state index in [-0.39, 0.29) is 30.8 Å². The van der Waals surface area contributed by atoms with Gasteiger partial charge in [-0.05, 0) is 44.0 Å². The fraction of sp³-hybridized carbons (Fsp3) is 0.444. The van der Waals surface area contributed by atoms with Gasteiger partial charge in [-0.1, -0.05) is 0 Å². The number of piperazine rings is 1. The topological polar surface area (TPSA) is 96.0 Å². The average molecular weight is 359 g/mol. The minimum atomic E-state index is -0.427. The molecule has 0 saturated carbocycles. The molecule has 1 atom stereocenters. The second-order valence-corrected chi connectivity index (χ2v) is 6.29. The second-order valence-electron chi connectivity index (χ2n) is 6.29. The maximum atomic E-state index is 12.4. The molecule has 2 aliphatic rings. The number of nitrogens with one attached hydrogen (secondary N) is 1. The molecule has 26 heavy (non-hydrogen) atoms. The Morgan fingerprint density at radius 3 is 2.65 bits per heavy atom. The number of anilines is 1. The average Bonchev–Trinajstić information content (AvgIpc) is 3.11. The number of carbonyl (C=O) groups is 4. The lowest BCUT2D eigenvalue weighted by molar-refractivity contribution is -0.154. The van der Waals surface area contributed by atoms with Crippen LogP contribution in [0.1, 0.15) is 30.1 Å². The number of esters is 1. The summed E-state index contributed by atoms with van der Waals surface area (Å²) < 4.78 is 4.90. The maximum Gasteiger partial charge on any atom is 0.338 e. The van der Waals surface area contributed by atoms with Crippen molar-refractivity contribution in [3.63, 3.8) is 0 Å². The molecule has 1 unspecified atom stereocenters. The van der Waals surface area contributed by atoms with Crippen molar-refractivity contribution >= 4 is 29.4 Å². The van der Waals surface area contributed by atoms with Gasteiger partial charge in [0.2, 0.25) is 17.7 Å². The number of hydrogen-bond acceptors (Lipinski definition) is 5. The van der Waals surface area contributed by atoms with Crippen molar-refractivity contribution < 1.29 is 23.9 Å². The molecule has 0 spiro atoms. The molecule has 2 saturated heterocycles. The number of benzene rings is 1. The molecule has 0 aliphatic carbocycles. The Bertz CT molecular complexity index is 731. The van der Waals surface area contributed by atoms with Crippen molar-refractivity contribution in [3.05, 3.63) is 29.8 Å². The molecule has 3 amide bonds. The largest absolute Gasteiger partial charge is 0.462 e. The van der Waals surface area contributed by atoms with Crippen LogP contribution in [0.25, 0.3) is 0 Å². The van der Waals surface area contributed by atoms with Crippen molar-refractivity contribution in [1.29, 1.82) is 0 Å². The first-order chi connectivity index (χ1) is 12.5. The molecular formula is C18H21N3O5. The van der Waals surface area contributed by atoms with Crippen molar-refractivity contribution in [2.75, 3.05) is 31.6 Å². The van der Waals surface area contributed by atoms with Gasteiger partial charge in [0, 0.05) is 12.2 Å². The third-order valence-corrected chi connectivity index (χ3v) is 4.51. The first kappa shape index (κ1) is 17.9. The number of fused-ring (bicyclic) bond motifs is 1. The van der Waals surface area contributed by atoms with Gasteiger partial charge in [-0.3, -0.25) is 14.4 Å². The molecule has 1 aromatic rings. The van der Waals surface area contributed by atoms with E-state index in [1.54, 1.807) is 36.1 Å². The highest BCUT2D eigenvalue weighted by molar-refractivity contribution is 6.00. The van der Waals surface area contributed by atoms with Gasteiger partial charge in [0.25, 0.3) is 0 Å². The number of rotatable bonds is 5. The molecule has 2 fully saturated rings. The Hall–Kier alpha value is -2.90. The van der Waals surface area contributed by atoms with E-state index < -0.39 is 12.0 Å². The van der Waals surface area contributed by atoms with Gasteiger partial charge in [0.05, 0.1) is 12.2 Å². The monoisotopic (exact) mass is 359 g/mol. The molecule has 8 nitrogen and oxygen atoms in total. The lowest BCUT2D eigenvalue weighted by atomic mass is 10.1. The van der Waals surface area contributed by atoms with Crippen LogP contribution in [0.15, 0.2) is 24.3 Å². The van der Waals surface area contributed by atoms with Crippen LogP contribution < -0.4 is 5.32 Å². The minimum Gasteiger partial charge on any atom is -0.462 e. The van der Waals surface area contributed by atoms with Crippen LogP contribution in [-0.2, 0) is 19.1 Å². The van der Waals surface area contributed by atoms with E-state index in [1.807, 2.05) is 0 Å². The lowest BCUT2D eigenvalue weighted by Gasteiger charge is -2.35. The molecule has 0 aromatic heterocycles. The maximum absolute atomic E-state index is 12.4. The SMILES string of the molecule is CCOC(=O)c1ccc(NC(=O)CN2CC(=O)N3CCCC3C2=O)cc1. The highest BCUT2D eigenvalue weighted by atomic mass is 16.5. The molecule has 0 bridgehead atoms. The second kappa shape index (κ2) is 7.55. The standard InChI is InChI=1S/C18H21N3O5/c1-2-26-18(25)12-5-7-13(8-6-12)19-15(22)10-20-11-16(23)21-9-3-4-14(21)17(20)24/h5-8,14H,2-4,9-11H2,1H3,(H,19,22). The summed E-state index contributed by atoms with van der Waals surface area (Å²) >= 11 is 0. The normalized spacial score (nSPS) is 19.3. The number of hydrogen-bond donors (Lipinski definition) is 1. The Kier molecular flexibility index (Phi) is 5.20. The van der Waals surface area contributed by atoms with Crippen molar-refractivity contribution in [2.45, 2.75) is 25.8 Å². The van der Waals surface area contributed by atoms with Crippen LogP contribution in [0.2, 0.25) is 0 Å². The van der Waals surface area contributed by atoms with E-state index in [2.05, 4.69) is 5.32 Å². The number of amides is 3. The Morgan fingerprint density at radius 1 is 1.23 bits per heavy atom. The zero-order valence-corrected chi connectivity index (χ0v) is 14.6. The molecular weight excluding hydrogens is 338 g/mol. The van der Waals surface area contributed by atoms with Gasteiger partial charge in [-0.2, -0.15) is 0 Å². The van der Waals surface area contributed by atoms with Crippen molar-refractivity contribution in [3.8, 4) is 0 Å². The predicted molar refractivity (Wildman–Crippen MR) is 92.3 cm³/mol. The molecule has 8 heteroatoms. The summed E-state index contributed by atoms with van der Waals surface area (Å²) in [4.78, 5) is 51.2. The minimum absolute atomic E-state index is 0.0649. The van der Waals surface area contributed by atoms with Crippen LogP contribution in [0.4, 0.5) is 5.69 Å². The van der Waals surface area contributed by atoms with Crippen LogP contribution >= 0.6 is 0 Å². The Morgan fingerprint density at radius 2 is 1.96 bits per heavy atom. The van der Waals surface area contributed by atoms with E-state index in [0.29, 0.717) is 30.8 Å². The molecule has 0 radical (unpaired) electrons. The summed E-state index contributed by atoms with van der Waals surface area (Å²) in [5.74, 6) is -1.10. The third kappa shape index (κ3) is 3.68. The molecule has 2 aliphatic heterocycles. The summed E-state index contributed by atoms with van der Waals surface area (Å²) in [6.07, 6.45) is 1.47. The van der Waals surface area contributed by atoms with E-state index in [0.717, 1.165) is 6.42 Å². The third-order valence-electron chi connectivity index (χ3n) is 4.51. The van der Waals surface area contributed by atoms with E-state index in [9.17, 15) is 19.2 Å². The van der Waals surface area contributed by atoms with Crippen molar-refractivity contribution in [2.24, 2.45) is 0 Å². The fourth-order valence-electron chi connectivity index (χ4n) is 3.28. The lowest BCUT2D eigenvalue weighted by Crippen LogP contribution is -2.58. The van der Waals surface area contributed by atoms with E-state index >= 15 is 0 Å². The summed E-state index contributed by atoms with van der Waals surface area (Å²) in [5.41, 5.74) is 0.893. The summed E-state index contributed by atoms with van der Waals surface area (Å²) in [6.45, 7) is 2.39. The van der Waals surface area contributed by atoms with Crippen LogP contribution in [0, 0.1) is 0 Å². The number of nitrogens with zero attached hydrogens (tertiary/aromatic N) is 2. The highest BCUT2D eigenvalue weighted by Crippen LogP contribution is 2.23. The molecule has 3 rings (SSSR count). The number of carbonyl (C=O) groups excluding carboxylic acids is 4. The Balaban J connectivity index is 1.58. The van der Waals surface area contributed by atoms with Crippen LogP contribution in [0.5, 0.6) is 0 Å². The smallest absolute Gasteiger partial charge is 0.338 e. The molecule has 2 heterocycles. The zero-order valence-electron chi connectivity index (χ0n) is 14.6. The number of ether oxygens (including phenoxy) is 1. The summed E-state index contributed by atoms with van der Waals surface area (Å²) in [5, 5.41) is 2.67. The van der Waals surface area contributed by atoms with Crippen LogP contribution in [0.3, 0.4) is 0 Å². The summed E-state index contributed by atoms with van der Waals surface area (Å²) in [6, 6.07) is 5.87. The first-order valence-electron chi connectivity index (χ1n) is 8.65. The van der Waals surface area contributed by atoms with Crippen molar-refractivity contribution in [1.82, 2.24) is 9.80 Å². The zero-order chi connectivity index (χ0) is 18.7. The first-order valence-corrected chi connectivity index (χ1v) is 8.65. The quantitative estimate of drug-likeness (QED) is 0.778. The molecule has 138 valence electrons. The van der Waals surface area contributed by atoms with Gasteiger partial charge >= 0.3 is 5.97 Å². The molecule has 1 aromatic carbocycles. The van der Waals surface area contributed by atoms with Crippen LogP contribution in [-0.4, -0.2) is 65.8 Å². The van der Waals surface area contributed by atoms with E-state index in [4.69, 9.17) is 4.74 Å². The van der Waals surface area contributed by atoms with Gasteiger partial charge in [-0.15, -0.1) is 0 Å². The van der Waals surface area contributed by atoms with Gasteiger partial charge in [0.1, 0.15) is 19.1 Å². The molecule has 1 N–H and O–H groups in total. The highest BCUT2D eigenvalue weighted by Gasteiger charge is 2.42. The Labute approximate surface area is 151 Å². The van der Waals surface area contributed by atoms with Gasteiger partial charge in [0.15, 0.2) is 0 Å². The van der Waals surface area contributed by atoms with Gasteiger partial charge in [-0.25, -0.2) is 4.79 Å². The van der Waals surface area contributed by atoms with Gasteiger partial charge < -0.3 is 19.9 Å². The fourth-order valence-corrected chi connectivity index (χ4v) is 3.28. The predicted octanol–water partition coefficient (Wildman–Crippen LogP) is 0.635.